The molecule has 1 amide bonds. The predicted octanol–water partition coefficient (Wildman–Crippen LogP) is 2.64. The van der Waals surface area contributed by atoms with Crippen molar-refractivity contribution in [1.82, 2.24) is 15.3 Å². The molecule has 0 aliphatic rings. The zero-order valence-electron chi connectivity index (χ0n) is 10.9. The number of amides is 1. The monoisotopic (exact) mass is 275 g/mol. The van der Waals surface area contributed by atoms with Crippen LogP contribution in [0.4, 0.5) is 0 Å². The predicted molar refractivity (Wildman–Crippen MR) is 78.2 cm³/mol. The Labute approximate surface area is 117 Å². The van der Waals surface area contributed by atoms with Crippen LogP contribution in [0.25, 0.3) is 10.9 Å². The third kappa shape index (κ3) is 4.21. The van der Waals surface area contributed by atoms with Gasteiger partial charge in [-0.15, -0.1) is 0 Å². The van der Waals surface area contributed by atoms with Gasteiger partial charge in [0.1, 0.15) is 0 Å². The van der Waals surface area contributed by atoms with Crippen molar-refractivity contribution in [3.8, 4) is 0 Å². The van der Waals surface area contributed by atoms with Gasteiger partial charge < -0.3 is 5.32 Å². The first-order valence-corrected chi connectivity index (χ1v) is 7.39. The normalized spacial score (nSPS) is 10.6. The Morgan fingerprint density at radius 2 is 2.21 bits per heavy atom. The molecule has 0 aliphatic carbocycles. The Balaban J connectivity index is 1.89. The van der Waals surface area contributed by atoms with Gasteiger partial charge >= 0.3 is 0 Å². The molecule has 0 unspecified atom stereocenters. The number of nitrogens with one attached hydrogen (secondary N) is 1. The van der Waals surface area contributed by atoms with E-state index in [-0.39, 0.29) is 5.91 Å². The summed E-state index contributed by atoms with van der Waals surface area (Å²) in [6.45, 7) is 2.85. The maximum Gasteiger partial charge on any atom is 0.230 e. The number of nitrogens with zero attached hydrogens (tertiary/aromatic N) is 2. The van der Waals surface area contributed by atoms with Gasteiger partial charge in [0.25, 0.3) is 0 Å². The summed E-state index contributed by atoms with van der Waals surface area (Å²) in [4.78, 5) is 20.2. The molecule has 2 aromatic rings. The first-order valence-electron chi connectivity index (χ1n) is 6.41. The summed E-state index contributed by atoms with van der Waals surface area (Å²) < 4.78 is 0. The van der Waals surface area contributed by atoms with Crippen LogP contribution in [0.3, 0.4) is 0 Å². The smallest absolute Gasteiger partial charge is 0.230 e. The maximum atomic E-state index is 11.6. The third-order valence-corrected chi connectivity index (χ3v) is 3.51. The first kappa shape index (κ1) is 13.8. The van der Waals surface area contributed by atoms with Crippen molar-refractivity contribution >= 4 is 28.6 Å². The zero-order chi connectivity index (χ0) is 13.5. The minimum absolute atomic E-state index is 0.0372. The average Bonchev–Trinajstić information content (AvgIpc) is 2.45. The lowest BCUT2D eigenvalue weighted by Gasteiger charge is -2.04. The quantitative estimate of drug-likeness (QED) is 0.500. The van der Waals surface area contributed by atoms with Gasteiger partial charge in [0.15, 0.2) is 5.16 Å². The second-order valence-corrected chi connectivity index (χ2v) is 5.15. The van der Waals surface area contributed by atoms with Crippen LogP contribution < -0.4 is 5.32 Å². The lowest BCUT2D eigenvalue weighted by Crippen LogP contribution is -2.26. The highest BCUT2D eigenvalue weighted by Crippen LogP contribution is 2.16. The largest absolute Gasteiger partial charge is 0.355 e. The van der Waals surface area contributed by atoms with Crippen LogP contribution >= 0.6 is 11.8 Å². The second-order valence-electron chi connectivity index (χ2n) is 4.20. The fraction of sp³-hybridized carbons (Fsp3) is 0.357. The van der Waals surface area contributed by atoms with E-state index < -0.39 is 0 Å². The summed E-state index contributed by atoms with van der Waals surface area (Å²) in [6.07, 6.45) is 3.89. The van der Waals surface area contributed by atoms with Gasteiger partial charge in [0, 0.05) is 18.1 Å². The molecular weight excluding hydrogens is 258 g/mol. The van der Waals surface area contributed by atoms with Crippen molar-refractivity contribution in [3.05, 3.63) is 30.5 Å². The van der Waals surface area contributed by atoms with Crippen LogP contribution in [0.5, 0.6) is 0 Å². The highest BCUT2D eigenvalue weighted by Gasteiger charge is 2.05. The van der Waals surface area contributed by atoms with E-state index in [2.05, 4.69) is 22.2 Å². The molecule has 19 heavy (non-hydrogen) atoms. The number of benzene rings is 1. The molecule has 1 N–H and O–H groups in total. The number of carbonyl (C=O) groups is 1. The summed E-state index contributed by atoms with van der Waals surface area (Å²) in [5, 5.41) is 4.53. The topological polar surface area (TPSA) is 54.9 Å². The fourth-order valence-electron chi connectivity index (χ4n) is 1.61. The number of para-hydroxylation sites is 1. The standard InChI is InChI=1S/C14H17N3OS/c1-2-3-8-15-13(18)10-19-14-16-9-11-6-4-5-7-12(11)17-14/h4-7,9H,2-3,8,10H2,1H3,(H,15,18). The number of fused-ring (bicyclic) bond motifs is 1. The lowest BCUT2D eigenvalue weighted by molar-refractivity contribution is -0.118. The molecule has 1 aromatic heterocycles. The van der Waals surface area contributed by atoms with Crippen molar-refractivity contribution in [2.75, 3.05) is 12.3 Å². The molecule has 0 aliphatic heterocycles. The van der Waals surface area contributed by atoms with Crippen LogP contribution in [0.2, 0.25) is 0 Å². The molecule has 0 saturated heterocycles. The molecule has 0 fully saturated rings. The average molecular weight is 275 g/mol. The number of hydrogen-bond donors (Lipinski definition) is 1. The maximum absolute atomic E-state index is 11.6. The van der Waals surface area contributed by atoms with Gasteiger partial charge in [0.05, 0.1) is 11.3 Å². The Hall–Kier alpha value is -1.62. The molecule has 1 heterocycles. The van der Waals surface area contributed by atoms with Gasteiger partial charge in [0.2, 0.25) is 5.91 Å². The van der Waals surface area contributed by atoms with Crippen LogP contribution in [-0.2, 0) is 4.79 Å². The summed E-state index contributed by atoms with van der Waals surface area (Å²) >= 11 is 1.37. The highest BCUT2D eigenvalue weighted by atomic mass is 32.2. The number of hydrogen-bond acceptors (Lipinski definition) is 4. The number of thioether (sulfide) groups is 1. The zero-order valence-corrected chi connectivity index (χ0v) is 11.7. The number of rotatable bonds is 6. The molecular formula is C14H17N3OS. The van der Waals surface area contributed by atoms with E-state index in [1.54, 1.807) is 6.20 Å². The van der Waals surface area contributed by atoms with E-state index in [4.69, 9.17) is 0 Å². The minimum Gasteiger partial charge on any atom is -0.355 e. The van der Waals surface area contributed by atoms with Gasteiger partial charge in [-0.05, 0) is 12.5 Å². The van der Waals surface area contributed by atoms with E-state index in [9.17, 15) is 4.79 Å². The molecule has 0 saturated carbocycles. The van der Waals surface area contributed by atoms with Gasteiger partial charge in [-0.3, -0.25) is 4.79 Å². The molecule has 100 valence electrons. The lowest BCUT2D eigenvalue weighted by atomic mass is 10.2. The third-order valence-electron chi connectivity index (χ3n) is 2.65. The van der Waals surface area contributed by atoms with E-state index in [0.717, 1.165) is 30.3 Å². The van der Waals surface area contributed by atoms with E-state index in [1.165, 1.54) is 11.8 Å². The van der Waals surface area contributed by atoms with Gasteiger partial charge in [-0.1, -0.05) is 43.3 Å². The van der Waals surface area contributed by atoms with E-state index in [1.807, 2.05) is 24.3 Å². The molecule has 5 heteroatoms. The molecule has 0 spiro atoms. The van der Waals surface area contributed by atoms with E-state index >= 15 is 0 Å². The van der Waals surface area contributed by atoms with Crippen LogP contribution in [0, 0.1) is 0 Å². The first-order chi connectivity index (χ1) is 9.29. The number of unbranched alkanes of at least 4 members (excludes halogenated alkanes) is 1. The Bertz CT molecular complexity index is 559. The Morgan fingerprint density at radius 3 is 3.05 bits per heavy atom. The molecule has 0 bridgehead atoms. The molecule has 0 atom stereocenters. The SMILES string of the molecule is CCCCNC(=O)CSc1ncc2ccccc2n1. The van der Waals surface area contributed by atoms with Crippen LogP contribution in [0.15, 0.2) is 35.6 Å². The van der Waals surface area contributed by atoms with Crippen molar-refractivity contribution in [2.24, 2.45) is 0 Å². The molecule has 4 nitrogen and oxygen atoms in total. The molecule has 2 rings (SSSR count). The van der Waals surface area contributed by atoms with Gasteiger partial charge in [-0.25, -0.2) is 9.97 Å². The van der Waals surface area contributed by atoms with Crippen LogP contribution in [0.1, 0.15) is 19.8 Å². The van der Waals surface area contributed by atoms with Crippen molar-refractivity contribution in [2.45, 2.75) is 24.9 Å². The summed E-state index contributed by atoms with van der Waals surface area (Å²) in [7, 11) is 0. The second kappa shape index (κ2) is 7.09. The fourth-order valence-corrected chi connectivity index (χ4v) is 2.26. The highest BCUT2D eigenvalue weighted by molar-refractivity contribution is 7.99. The minimum atomic E-state index is 0.0372. The molecule has 1 aromatic carbocycles. The van der Waals surface area contributed by atoms with Crippen LogP contribution in [-0.4, -0.2) is 28.2 Å². The van der Waals surface area contributed by atoms with Crippen molar-refractivity contribution < 1.29 is 4.79 Å². The summed E-state index contributed by atoms with van der Waals surface area (Å²) in [5.74, 6) is 0.400. The van der Waals surface area contributed by atoms with Crippen molar-refractivity contribution in [1.29, 1.82) is 0 Å². The summed E-state index contributed by atoms with van der Waals surface area (Å²) in [6, 6.07) is 7.82. The van der Waals surface area contributed by atoms with E-state index in [0.29, 0.717) is 10.9 Å². The van der Waals surface area contributed by atoms with Gasteiger partial charge in [-0.2, -0.15) is 0 Å². The number of carbonyl (C=O) groups excluding carboxylic acids is 1. The molecule has 0 radical (unpaired) electrons. The van der Waals surface area contributed by atoms with Crippen molar-refractivity contribution in [3.63, 3.8) is 0 Å². The number of aromatic nitrogens is 2. The summed E-state index contributed by atoms with van der Waals surface area (Å²) in [5.41, 5.74) is 0.909. The Morgan fingerprint density at radius 1 is 1.37 bits per heavy atom. The Kier molecular flexibility index (Phi) is 5.15.